The molecule has 0 atom stereocenters. The summed E-state index contributed by atoms with van der Waals surface area (Å²) in [5.74, 6) is 1.13. The molecule has 0 bridgehead atoms. The van der Waals surface area contributed by atoms with E-state index in [4.69, 9.17) is 0 Å². The Morgan fingerprint density at radius 2 is 1.77 bits per heavy atom. The molecule has 1 aromatic carbocycles. The Morgan fingerprint density at radius 3 is 2.30 bits per heavy atom. The van der Waals surface area contributed by atoms with Crippen LogP contribution >= 0.6 is 0 Å². The number of carbonyl (C=O) groups is 1. The zero-order chi connectivity index (χ0) is 21.8. The number of nitrogens with zero attached hydrogens (tertiary/aromatic N) is 3. The second-order valence-corrected chi connectivity index (χ2v) is 10.2. The topological polar surface area (TPSA) is 59.4 Å². The zero-order valence-corrected chi connectivity index (χ0v) is 19.2. The molecule has 5 heteroatoms. The van der Waals surface area contributed by atoms with Gasteiger partial charge in [-0.25, -0.2) is 4.79 Å². The van der Waals surface area contributed by atoms with Crippen molar-refractivity contribution in [1.29, 1.82) is 5.26 Å². The standard InChI is InChI=1S/C25H38N4O/c1-24(2,18-26)19-29(23(30)27-16-20-10-11-20)17-21-12-14-25(15-13-21,28(3)4)22-8-6-5-7-9-22/h5-9,20-21H,10-17,19H2,1-4H3,(H,27,30). The Kier molecular flexibility index (Phi) is 7.08. The monoisotopic (exact) mass is 410 g/mol. The predicted octanol–water partition coefficient (Wildman–Crippen LogP) is 4.61. The van der Waals surface area contributed by atoms with Crippen molar-refractivity contribution >= 4 is 6.03 Å². The van der Waals surface area contributed by atoms with Gasteiger partial charge in [0.05, 0.1) is 11.5 Å². The number of rotatable bonds is 8. The van der Waals surface area contributed by atoms with Crippen molar-refractivity contribution in [3.63, 3.8) is 0 Å². The Hall–Kier alpha value is -2.06. The fourth-order valence-electron chi connectivity index (χ4n) is 4.79. The first kappa shape index (κ1) is 22.6. The van der Waals surface area contributed by atoms with Crippen LogP contribution in [0.5, 0.6) is 0 Å². The molecule has 30 heavy (non-hydrogen) atoms. The van der Waals surface area contributed by atoms with Crippen LogP contribution in [0.3, 0.4) is 0 Å². The van der Waals surface area contributed by atoms with E-state index in [2.05, 4.69) is 60.7 Å². The summed E-state index contributed by atoms with van der Waals surface area (Å²) in [6, 6.07) is 13.2. The number of hydrogen-bond acceptors (Lipinski definition) is 3. The molecule has 0 heterocycles. The van der Waals surface area contributed by atoms with E-state index in [1.54, 1.807) is 0 Å². The number of carbonyl (C=O) groups excluding carboxylic acids is 1. The van der Waals surface area contributed by atoms with Crippen LogP contribution in [0.15, 0.2) is 30.3 Å². The maximum atomic E-state index is 12.9. The molecule has 2 aliphatic carbocycles. The van der Waals surface area contributed by atoms with E-state index in [-0.39, 0.29) is 11.6 Å². The molecule has 164 valence electrons. The highest BCUT2D eigenvalue weighted by atomic mass is 16.2. The fraction of sp³-hybridized carbons (Fsp3) is 0.680. The van der Waals surface area contributed by atoms with Gasteiger partial charge in [-0.3, -0.25) is 4.90 Å². The summed E-state index contributed by atoms with van der Waals surface area (Å²) < 4.78 is 0. The molecular weight excluding hydrogens is 372 g/mol. The minimum Gasteiger partial charge on any atom is -0.338 e. The summed E-state index contributed by atoms with van der Waals surface area (Å²) in [7, 11) is 4.36. The third-order valence-corrected chi connectivity index (χ3v) is 6.99. The van der Waals surface area contributed by atoms with Crippen molar-refractivity contribution < 1.29 is 4.79 Å². The van der Waals surface area contributed by atoms with Gasteiger partial charge >= 0.3 is 6.03 Å². The molecule has 2 saturated carbocycles. The molecule has 0 saturated heterocycles. The molecule has 0 spiro atoms. The van der Waals surface area contributed by atoms with E-state index >= 15 is 0 Å². The molecular formula is C25H38N4O. The molecule has 1 N–H and O–H groups in total. The van der Waals surface area contributed by atoms with Gasteiger partial charge in [0, 0.05) is 25.2 Å². The SMILES string of the molecule is CN(C)C1(c2ccccc2)CCC(CN(CC(C)(C)C#N)C(=O)NCC2CC2)CC1. The summed E-state index contributed by atoms with van der Waals surface area (Å²) in [6.45, 7) is 5.82. The number of benzene rings is 1. The fourth-order valence-corrected chi connectivity index (χ4v) is 4.79. The predicted molar refractivity (Wildman–Crippen MR) is 121 cm³/mol. The summed E-state index contributed by atoms with van der Waals surface area (Å²) in [4.78, 5) is 17.2. The van der Waals surface area contributed by atoms with Gasteiger partial charge in [-0.1, -0.05) is 30.3 Å². The van der Waals surface area contributed by atoms with Crippen molar-refractivity contribution in [3.8, 4) is 6.07 Å². The summed E-state index contributed by atoms with van der Waals surface area (Å²) >= 11 is 0. The van der Waals surface area contributed by atoms with Crippen molar-refractivity contribution in [2.45, 2.75) is 57.9 Å². The zero-order valence-electron chi connectivity index (χ0n) is 19.2. The van der Waals surface area contributed by atoms with Gasteiger partial charge in [-0.15, -0.1) is 0 Å². The van der Waals surface area contributed by atoms with Crippen molar-refractivity contribution in [1.82, 2.24) is 15.1 Å². The Balaban J connectivity index is 1.65. The van der Waals surface area contributed by atoms with Gasteiger partial charge in [-0.2, -0.15) is 5.26 Å². The van der Waals surface area contributed by atoms with E-state index in [0.717, 1.165) is 38.8 Å². The molecule has 1 aromatic rings. The first-order valence-electron chi connectivity index (χ1n) is 11.4. The number of amides is 2. The van der Waals surface area contributed by atoms with Crippen LogP contribution in [0.4, 0.5) is 4.79 Å². The Bertz CT molecular complexity index is 740. The lowest BCUT2D eigenvalue weighted by Crippen LogP contribution is -2.49. The van der Waals surface area contributed by atoms with Gasteiger partial charge < -0.3 is 10.2 Å². The average molecular weight is 411 g/mol. The average Bonchev–Trinajstić information content (AvgIpc) is 3.57. The summed E-state index contributed by atoms with van der Waals surface area (Å²) in [5.41, 5.74) is 0.921. The molecule has 5 nitrogen and oxygen atoms in total. The maximum absolute atomic E-state index is 12.9. The second kappa shape index (κ2) is 9.39. The van der Waals surface area contributed by atoms with Crippen LogP contribution in [0.1, 0.15) is 57.9 Å². The van der Waals surface area contributed by atoms with Crippen LogP contribution in [-0.2, 0) is 5.54 Å². The smallest absolute Gasteiger partial charge is 0.317 e. The normalized spacial score (nSPS) is 24.3. The highest BCUT2D eigenvalue weighted by molar-refractivity contribution is 5.74. The van der Waals surface area contributed by atoms with Crippen molar-refractivity contribution in [2.75, 3.05) is 33.7 Å². The summed E-state index contributed by atoms with van der Waals surface area (Å²) in [6.07, 6.45) is 6.80. The van der Waals surface area contributed by atoms with Gasteiger partial charge in [0.2, 0.25) is 0 Å². The third kappa shape index (κ3) is 5.55. The number of urea groups is 1. The molecule has 2 aliphatic rings. The van der Waals surface area contributed by atoms with Crippen LogP contribution in [0, 0.1) is 28.6 Å². The van der Waals surface area contributed by atoms with E-state index < -0.39 is 5.41 Å². The first-order valence-corrected chi connectivity index (χ1v) is 11.4. The molecule has 3 rings (SSSR count). The highest BCUT2D eigenvalue weighted by Crippen LogP contribution is 2.43. The van der Waals surface area contributed by atoms with E-state index in [1.807, 2.05) is 18.7 Å². The van der Waals surface area contributed by atoms with Gasteiger partial charge in [0.25, 0.3) is 0 Å². The number of nitriles is 1. The van der Waals surface area contributed by atoms with Crippen molar-refractivity contribution in [2.24, 2.45) is 17.3 Å². The molecule has 0 aliphatic heterocycles. The molecule has 0 radical (unpaired) electrons. The molecule has 2 amide bonds. The van der Waals surface area contributed by atoms with Gasteiger partial charge in [0.15, 0.2) is 0 Å². The first-order chi connectivity index (χ1) is 14.3. The lowest BCUT2D eigenvalue weighted by Gasteiger charge is -2.46. The lowest BCUT2D eigenvalue weighted by atomic mass is 9.71. The van der Waals surface area contributed by atoms with Crippen LogP contribution < -0.4 is 5.32 Å². The minimum absolute atomic E-state index is 0.00210. The molecule has 0 aromatic heterocycles. The Morgan fingerprint density at radius 1 is 1.13 bits per heavy atom. The van der Waals surface area contributed by atoms with Gasteiger partial charge in [0.1, 0.15) is 0 Å². The lowest BCUT2D eigenvalue weighted by molar-refractivity contribution is 0.0665. The maximum Gasteiger partial charge on any atom is 0.317 e. The van der Waals surface area contributed by atoms with E-state index in [1.165, 1.54) is 18.4 Å². The molecule has 2 fully saturated rings. The van der Waals surface area contributed by atoms with E-state index in [0.29, 0.717) is 18.4 Å². The van der Waals surface area contributed by atoms with Crippen LogP contribution in [0.25, 0.3) is 0 Å². The minimum atomic E-state index is -0.539. The van der Waals surface area contributed by atoms with E-state index in [9.17, 15) is 10.1 Å². The quantitative estimate of drug-likeness (QED) is 0.681. The van der Waals surface area contributed by atoms with Crippen LogP contribution in [0.2, 0.25) is 0 Å². The number of nitrogens with one attached hydrogen (secondary N) is 1. The summed E-state index contributed by atoms with van der Waals surface area (Å²) in [5, 5.41) is 12.6. The second-order valence-electron chi connectivity index (χ2n) is 10.2. The van der Waals surface area contributed by atoms with Gasteiger partial charge in [-0.05, 0) is 83.9 Å². The van der Waals surface area contributed by atoms with Crippen molar-refractivity contribution in [3.05, 3.63) is 35.9 Å². The van der Waals surface area contributed by atoms with Crippen LogP contribution in [-0.4, -0.2) is 49.6 Å². The third-order valence-electron chi connectivity index (χ3n) is 6.99. The largest absolute Gasteiger partial charge is 0.338 e. The Labute approximate surface area is 182 Å². The highest BCUT2D eigenvalue weighted by Gasteiger charge is 2.39. The number of hydrogen-bond donors (Lipinski definition) is 1. The molecule has 0 unspecified atom stereocenters.